The van der Waals surface area contributed by atoms with Crippen LogP contribution in [0.4, 0.5) is 11.4 Å². The minimum absolute atomic E-state index is 0.00600. The van der Waals surface area contributed by atoms with E-state index in [0.717, 1.165) is 24.2 Å². The maximum atomic E-state index is 12.5. The van der Waals surface area contributed by atoms with E-state index in [1.807, 2.05) is 36.4 Å². The molecule has 2 heterocycles. The van der Waals surface area contributed by atoms with E-state index in [9.17, 15) is 9.59 Å². The predicted octanol–water partition coefficient (Wildman–Crippen LogP) is 3.23. The van der Waals surface area contributed by atoms with Gasteiger partial charge in [0.05, 0.1) is 0 Å². The molecule has 2 atom stereocenters. The Kier molecular flexibility index (Phi) is 4.88. The second-order valence-corrected chi connectivity index (χ2v) is 7.36. The van der Waals surface area contributed by atoms with Crippen LogP contribution in [-0.4, -0.2) is 31.1 Å². The Morgan fingerprint density at radius 2 is 1.79 bits per heavy atom. The average Bonchev–Trinajstić information content (AvgIpc) is 2.67. The number of carbonyl (C=O) groups excluding carboxylic acids is 1. The zero-order valence-corrected chi connectivity index (χ0v) is 15.9. The van der Waals surface area contributed by atoms with Gasteiger partial charge in [-0.15, -0.1) is 0 Å². The first kappa shape index (κ1) is 18.3. The summed E-state index contributed by atoms with van der Waals surface area (Å²) in [5.41, 5.74) is 1.48. The zero-order chi connectivity index (χ0) is 19.7. The number of piperazine rings is 1. The van der Waals surface area contributed by atoms with Crippen molar-refractivity contribution >= 4 is 28.3 Å². The van der Waals surface area contributed by atoms with Crippen molar-refractivity contribution in [3.63, 3.8) is 0 Å². The van der Waals surface area contributed by atoms with Crippen molar-refractivity contribution in [3.8, 4) is 0 Å². The van der Waals surface area contributed by atoms with E-state index >= 15 is 0 Å². The fourth-order valence-electron chi connectivity index (χ4n) is 3.71. The second kappa shape index (κ2) is 7.48. The zero-order valence-electron chi connectivity index (χ0n) is 15.9. The molecule has 1 fully saturated rings. The van der Waals surface area contributed by atoms with E-state index in [0.29, 0.717) is 23.4 Å². The Morgan fingerprint density at radius 3 is 2.50 bits per heavy atom. The van der Waals surface area contributed by atoms with Gasteiger partial charge in [0.15, 0.2) is 0 Å². The number of benzene rings is 2. The Bertz CT molecular complexity index is 1050. The monoisotopic (exact) mass is 377 g/mol. The fraction of sp³-hybridized carbons (Fsp3) is 0.273. The molecule has 1 saturated heterocycles. The topological polar surface area (TPSA) is 74.6 Å². The van der Waals surface area contributed by atoms with Crippen LogP contribution in [0, 0.1) is 0 Å². The summed E-state index contributed by atoms with van der Waals surface area (Å²) in [6, 6.07) is 17.2. The van der Waals surface area contributed by atoms with Crippen molar-refractivity contribution in [3.05, 3.63) is 70.6 Å². The summed E-state index contributed by atoms with van der Waals surface area (Å²) in [6.07, 6.45) is 0. The van der Waals surface area contributed by atoms with Crippen molar-refractivity contribution in [2.75, 3.05) is 23.3 Å². The Morgan fingerprint density at radius 1 is 1.07 bits per heavy atom. The second-order valence-electron chi connectivity index (χ2n) is 7.36. The molecule has 4 rings (SSSR count). The number of carbonyl (C=O) groups is 1. The smallest absolute Gasteiger partial charge is 0.349 e. The highest BCUT2D eigenvalue weighted by molar-refractivity contribution is 6.05. The molecule has 2 aromatic carbocycles. The summed E-state index contributed by atoms with van der Waals surface area (Å²) in [5, 5.41) is 6.95. The van der Waals surface area contributed by atoms with Gasteiger partial charge in [0.25, 0.3) is 5.91 Å². The van der Waals surface area contributed by atoms with Crippen LogP contribution in [0.15, 0.2) is 63.8 Å². The van der Waals surface area contributed by atoms with Crippen LogP contribution in [0.25, 0.3) is 11.0 Å². The summed E-state index contributed by atoms with van der Waals surface area (Å²) in [5.74, 6) is -0.476. The fourth-order valence-corrected chi connectivity index (χ4v) is 3.71. The molecular weight excluding hydrogens is 354 g/mol. The third-order valence-electron chi connectivity index (χ3n) is 4.92. The average molecular weight is 377 g/mol. The lowest BCUT2D eigenvalue weighted by Gasteiger charge is -2.37. The molecule has 6 nitrogen and oxygen atoms in total. The quantitative estimate of drug-likeness (QED) is 0.686. The maximum Gasteiger partial charge on any atom is 0.349 e. The molecule has 0 aliphatic carbocycles. The highest BCUT2D eigenvalue weighted by atomic mass is 16.4. The number of hydrogen-bond donors (Lipinski definition) is 2. The number of amides is 1. The molecule has 0 saturated carbocycles. The van der Waals surface area contributed by atoms with E-state index in [-0.39, 0.29) is 5.56 Å². The summed E-state index contributed by atoms with van der Waals surface area (Å²) in [7, 11) is 0. The summed E-state index contributed by atoms with van der Waals surface area (Å²) in [4.78, 5) is 27.2. The van der Waals surface area contributed by atoms with Gasteiger partial charge in [-0.05, 0) is 44.2 Å². The maximum absolute atomic E-state index is 12.5. The Hall–Kier alpha value is -3.12. The molecule has 28 heavy (non-hydrogen) atoms. The van der Waals surface area contributed by atoms with Crippen molar-refractivity contribution in [2.45, 2.75) is 25.9 Å². The Labute approximate surface area is 163 Å². The molecule has 144 valence electrons. The van der Waals surface area contributed by atoms with Gasteiger partial charge in [-0.25, -0.2) is 4.79 Å². The molecule has 1 aliphatic heterocycles. The van der Waals surface area contributed by atoms with Gasteiger partial charge in [0, 0.05) is 48.0 Å². The number of nitrogens with one attached hydrogen (secondary N) is 2. The lowest BCUT2D eigenvalue weighted by Crippen LogP contribution is -2.54. The number of para-hydroxylation sites is 1. The van der Waals surface area contributed by atoms with Gasteiger partial charge in [-0.2, -0.15) is 0 Å². The first-order chi connectivity index (χ1) is 13.5. The number of nitrogens with zero attached hydrogens (tertiary/aromatic N) is 1. The Balaban J connectivity index is 1.63. The van der Waals surface area contributed by atoms with E-state index in [4.69, 9.17) is 4.42 Å². The molecule has 0 radical (unpaired) electrons. The number of hydrogen-bond acceptors (Lipinski definition) is 5. The van der Waals surface area contributed by atoms with Gasteiger partial charge >= 0.3 is 5.63 Å². The van der Waals surface area contributed by atoms with Crippen LogP contribution in [0.5, 0.6) is 0 Å². The first-order valence-electron chi connectivity index (χ1n) is 9.45. The van der Waals surface area contributed by atoms with Crippen LogP contribution in [0.2, 0.25) is 0 Å². The van der Waals surface area contributed by atoms with Crippen molar-refractivity contribution < 1.29 is 9.21 Å². The number of rotatable bonds is 3. The molecule has 3 aromatic rings. The molecule has 6 heteroatoms. The van der Waals surface area contributed by atoms with E-state index in [1.54, 1.807) is 18.2 Å². The largest absolute Gasteiger partial charge is 0.422 e. The van der Waals surface area contributed by atoms with Crippen molar-refractivity contribution in [1.82, 2.24) is 5.32 Å². The highest BCUT2D eigenvalue weighted by Crippen LogP contribution is 2.24. The van der Waals surface area contributed by atoms with Gasteiger partial charge < -0.3 is 20.0 Å². The molecule has 2 N–H and O–H groups in total. The third kappa shape index (κ3) is 3.77. The van der Waals surface area contributed by atoms with Gasteiger partial charge in [-0.3, -0.25) is 4.79 Å². The van der Waals surface area contributed by atoms with Crippen LogP contribution >= 0.6 is 0 Å². The van der Waals surface area contributed by atoms with Gasteiger partial charge in [0.1, 0.15) is 11.1 Å². The van der Waals surface area contributed by atoms with Gasteiger partial charge in [0.2, 0.25) is 0 Å². The molecular formula is C22H23N3O3. The SMILES string of the molecule is CC1CN(c2ccc3cc(C(=O)Nc4ccccc4)c(=O)oc3c2)CC(C)N1. The third-order valence-corrected chi connectivity index (χ3v) is 4.92. The molecule has 2 unspecified atom stereocenters. The first-order valence-corrected chi connectivity index (χ1v) is 9.45. The normalized spacial score (nSPS) is 19.6. The molecule has 1 amide bonds. The van der Waals surface area contributed by atoms with E-state index in [2.05, 4.69) is 29.4 Å². The lowest BCUT2D eigenvalue weighted by atomic mass is 10.1. The minimum Gasteiger partial charge on any atom is -0.422 e. The molecule has 0 bridgehead atoms. The van der Waals surface area contributed by atoms with E-state index < -0.39 is 11.5 Å². The number of anilines is 2. The molecule has 1 aromatic heterocycles. The lowest BCUT2D eigenvalue weighted by molar-refractivity contribution is 0.102. The molecule has 1 aliphatic rings. The van der Waals surface area contributed by atoms with Crippen LogP contribution in [-0.2, 0) is 0 Å². The van der Waals surface area contributed by atoms with Crippen LogP contribution < -0.4 is 21.2 Å². The highest BCUT2D eigenvalue weighted by Gasteiger charge is 2.22. The summed E-state index contributed by atoms with van der Waals surface area (Å²) in [6.45, 7) is 6.08. The summed E-state index contributed by atoms with van der Waals surface area (Å²) >= 11 is 0. The molecule has 0 spiro atoms. The number of fused-ring (bicyclic) bond motifs is 1. The standard InChI is InChI=1S/C22H23N3O3/c1-14-12-25(13-15(2)23-14)18-9-8-16-10-19(22(27)28-20(16)11-18)21(26)24-17-6-4-3-5-7-17/h3-11,14-15,23H,12-13H2,1-2H3,(H,24,26). The minimum atomic E-state index is -0.639. The van der Waals surface area contributed by atoms with Crippen LogP contribution in [0.1, 0.15) is 24.2 Å². The van der Waals surface area contributed by atoms with Crippen molar-refractivity contribution in [1.29, 1.82) is 0 Å². The van der Waals surface area contributed by atoms with Crippen molar-refractivity contribution in [2.24, 2.45) is 0 Å². The predicted molar refractivity (Wildman–Crippen MR) is 111 cm³/mol. The van der Waals surface area contributed by atoms with Crippen LogP contribution in [0.3, 0.4) is 0 Å². The van der Waals surface area contributed by atoms with E-state index in [1.165, 1.54) is 0 Å². The summed E-state index contributed by atoms with van der Waals surface area (Å²) < 4.78 is 5.48. The van der Waals surface area contributed by atoms with Gasteiger partial charge in [-0.1, -0.05) is 18.2 Å².